The van der Waals surface area contributed by atoms with Crippen LogP contribution in [0.15, 0.2) is 0 Å². The summed E-state index contributed by atoms with van der Waals surface area (Å²) in [5, 5.41) is 0. The molecule has 1 unspecified atom stereocenters. The SMILES string of the molecule is CCCN(CC1CC1)C(C)(CN)C1(C)CC1. The van der Waals surface area contributed by atoms with Gasteiger partial charge in [0.1, 0.15) is 0 Å². The summed E-state index contributed by atoms with van der Waals surface area (Å²) >= 11 is 0. The fourth-order valence-corrected chi connectivity index (χ4v) is 2.90. The zero-order chi connectivity index (χ0) is 11.8. The van der Waals surface area contributed by atoms with Gasteiger partial charge in [0.25, 0.3) is 0 Å². The van der Waals surface area contributed by atoms with Gasteiger partial charge in [-0.2, -0.15) is 0 Å². The highest BCUT2D eigenvalue weighted by molar-refractivity contribution is 5.10. The second kappa shape index (κ2) is 4.30. The lowest BCUT2D eigenvalue weighted by molar-refractivity contribution is 0.0430. The molecule has 0 saturated heterocycles. The molecule has 2 fully saturated rings. The number of hydrogen-bond acceptors (Lipinski definition) is 2. The van der Waals surface area contributed by atoms with Crippen molar-refractivity contribution in [1.82, 2.24) is 4.90 Å². The van der Waals surface area contributed by atoms with Crippen molar-refractivity contribution in [3.05, 3.63) is 0 Å². The van der Waals surface area contributed by atoms with Gasteiger partial charge in [0.2, 0.25) is 0 Å². The van der Waals surface area contributed by atoms with Gasteiger partial charge in [-0.1, -0.05) is 13.8 Å². The quantitative estimate of drug-likeness (QED) is 0.720. The van der Waals surface area contributed by atoms with Crippen molar-refractivity contribution in [2.75, 3.05) is 19.6 Å². The van der Waals surface area contributed by atoms with E-state index in [9.17, 15) is 0 Å². The molecule has 16 heavy (non-hydrogen) atoms. The standard InChI is InChI=1S/C14H28N2/c1-4-9-16(10-12-5-6-12)14(3,11-15)13(2)7-8-13/h12H,4-11,15H2,1-3H3. The minimum atomic E-state index is 0.242. The molecule has 2 heteroatoms. The maximum absolute atomic E-state index is 6.12. The zero-order valence-electron chi connectivity index (χ0n) is 11.3. The lowest BCUT2D eigenvalue weighted by Crippen LogP contribution is -2.57. The van der Waals surface area contributed by atoms with Crippen molar-refractivity contribution in [3.63, 3.8) is 0 Å². The Balaban J connectivity index is 2.07. The van der Waals surface area contributed by atoms with Crippen LogP contribution < -0.4 is 5.73 Å². The molecule has 2 N–H and O–H groups in total. The molecule has 2 aliphatic carbocycles. The molecule has 0 amide bonds. The first kappa shape index (κ1) is 12.4. The number of nitrogens with two attached hydrogens (primary N) is 1. The third kappa shape index (κ3) is 2.14. The number of nitrogens with zero attached hydrogens (tertiary/aromatic N) is 1. The monoisotopic (exact) mass is 224 g/mol. The van der Waals surface area contributed by atoms with Gasteiger partial charge in [-0.15, -0.1) is 0 Å². The molecule has 0 bridgehead atoms. The van der Waals surface area contributed by atoms with Gasteiger partial charge < -0.3 is 5.73 Å². The van der Waals surface area contributed by atoms with Gasteiger partial charge in [0, 0.05) is 18.6 Å². The molecule has 0 aromatic rings. The van der Waals surface area contributed by atoms with Gasteiger partial charge in [-0.3, -0.25) is 4.90 Å². The topological polar surface area (TPSA) is 29.3 Å². The van der Waals surface area contributed by atoms with E-state index in [-0.39, 0.29) is 5.54 Å². The predicted molar refractivity (Wildman–Crippen MR) is 69.4 cm³/mol. The highest BCUT2D eigenvalue weighted by Gasteiger charge is 2.55. The summed E-state index contributed by atoms with van der Waals surface area (Å²) in [5.74, 6) is 0.972. The molecule has 2 saturated carbocycles. The van der Waals surface area contributed by atoms with E-state index in [2.05, 4.69) is 25.7 Å². The van der Waals surface area contributed by atoms with E-state index in [1.54, 1.807) is 0 Å². The van der Waals surface area contributed by atoms with E-state index in [0.29, 0.717) is 5.41 Å². The van der Waals surface area contributed by atoms with Crippen molar-refractivity contribution in [3.8, 4) is 0 Å². The highest BCUT2D eigenvalue weighted by atomic mass is 15.2. The Hall–Kier alpha value is -0.0800. The van der Waals surface area contributed by atoms with Crippen LogP contribution >= 0.6 is 0 Å². The largest absolute Gasteiger partial charge is 0.329 e. The van der Waals surface area contributed by atoms with Gasteiger partial charge in [-0.05, 0) is 56.9 Å². The van der Waals surface area contributed by atoms with Crippen LogP contribution in [-0.2, 0) is 0 Å². The highest BCUT2D eigenvalue weighted by Crippen LogP contribution is 2.56. The lowest BCUT2D eigenvalue weighted by Gasteiger charge is -2.46. The van der Waals surface area contributed by atoms with Crippen LogP contribution in [0.3, 0.4) is 0 Å². The van der Waals surface area contributed by atoms with Crippen molar-refractivity contribution in [2.24, 2.45) is 17.1 Å². The Morgan fingerprint density at radius 3 is 2.38 bits per heavy atom. The first-order valence-electron chi connectivity index (χ1n) is 7.01. The van der Waals surface area contributed by atoms with E-state index in [4.69, 9.17) is 5.73 Å². The minimum Gasteiger partial charge on any atom is -0.329 e. The van der Waals surface area contributed by atoms with Crippen LogP contribution in [0, 0.1) is 11.3 Å². The Labute approximate surface area is 101 Å². The lowest BCUT2D eigenvalue weighted by atomic mass is 9.81. The Morgan fingerprint density at radius 1 is 1.38 bits per heavy atom. The van der Waals surface area contributed by atoms with Crippen LogP contribution in [0.1, 0.15) is 52.9 Å². The zero-order valence-corrected chi connectivity index (χ0v) is 11.3. The van der Waals surface area contributed by atoms with E-state index < -0.39 is 0 Å². The van der Waals surface area contributed by atoms with Crippen LogP contribution in [-0.4, -0.2) is 30.1 Å². The number of hydrogen-bond donors (Lipinski definition) is 1. The van der Waals surface area contributed by atoms with Gasteiger partial charge >= 0.3 is 0 Å². The van der Waals surface area contributed by atoms with E-state index in [1.165, 1.54) is 45.2 Å². The molecule has 1 atom stereocenters. The van der Waals surface area contributed by atoms with E-state index >= 15 is 0 Å². The van der Waals surface area contributed by atoms with Crippen LogP contribution in [0.5, 0.6) is 0 Å². The molecule has 0 aromatic heterocycles. The first-order chi connectivity index (χ1) is 7.55. The van der Waals surface area contributed by atoms with Crippen LogP contribution in [0.25, 0.3) is 0 Å². The Bertz CT molecular complexity index is 243. The fourth-order valence-electron chi connectivity index (χ4n) is 2.90. The summed E-state index contributed by atoms with van der Waals surface area (Å²) in [4.78, 5) is 2.71. The van der Waals surface area contributed by atoms with Gasteiger partial charge in [0.15, 0.2) is 0 Å². The molecule has 2 aliphatic rings. The molecule has 0 radical (unpaired) electrons. The summed E-state index contributed by atoms with van der Waals surface area (Å²) < 4.78 is 0. The molecule has 2 rings (SSSR count). The third-order valence-electron chi connectivity index (χ3n) is 5.06. The second-order valence-electron chi connectivity index (χ2n) is 6.43. The normalized spacial score (nSPS) is 26.8. The Kier molecular flexibility index (Phi) is 3.33. The predicted octanol–water partition coefficient (Wildman–Crippen LogP) is 2.63. The van der Waals surface area contributed by atoms with Crippen molar-refractivity contribution < 1.29 is 0 Å². The molecular formula is C14H28N2. The maximum atomic E-state index is 6.12. The molecular weight excluding hydrogens is 196 g/mol. The second-order valence-corrected chi connectivity index (χ2v) is 6.43. The minimum absolute atomic E-state index is 0.242. The maximum Gasteiger partial charge on any atom is 0.0357 e. The molecule has 2 nitrogen and oxygen atoms in total. The summed E-state index contributed by atoms with van der Waals surface area (Å²) in [6.07, 6.45) is 6.87. The van der Waals surface area contributed by atoms with E-state index in [1.807, 2.05) is 0 Å². The number of rotatable bonds is 7. The third-order valence-corrected chi connectivity index (χ3v) is 5.06. The first-order valence-corrected chi connectivity index (χ1v) is 7.01. The van der Waals surface area contributed by atoms with Crippen molar-refractivity contribution in [2.45, 2.75) is 58.4 Å². The summed E-state index contributed by atoms with van der Waals surface area (Å²) in [6, 6.07) is 0. The van der Waals surface area contributed by atoms with Crippen molar-refractivity contribution >= 4 is 0 Å². The van der Waals surface area contributed by atoms with Crippen molar-refractivity contribution in [1.29, 1.82) is 0 Å². The molecule has 0 heterocycles. The average molecular weight is 224 g/mol. The van der Waals surface area contributed by atoms with Gasteiger partial charge in [0.05, 0.1) is 0 Å². The molecule has 0 aliphatic heterocycles. The summed E-state index contributed by atoms with van der Waals surface area (Å²) in [5.41, 5.74) is 6.85. The fraction of sp³-hybridized carbons (Fsp3) is 1.00. The van der Waals surface area contributed by atoms with Crippen LogP contribution in [0.4, 0.5) is 0 Å². The summed E-state index contributed by atoms with van der Waals surface area (Å²) in [6.45, 7) is 10.4. The van der Waals surface area contributed by atoms with Crippen LogP contribution in [0.2, 0.25) is 0 Å². The average Bonchev–Trinajstić information content (AvgIpc) is 3.15. The molecule has 0 aromatic carbocycles. The molecule has 0 spiro atoms. The van der Waals surface area contributed by atoms with Gasteiger partial charge in [-0.25, -0.2) is 0 Å². The molecule has 94 valence electrons. The Morgan fingerprint density at radius 2 is 2.00 bits per heavy atom. The smallest absolute Gasteiger partial charge is 0.0357 e. The summed E-state index contributed by atoms with van der Waals surface area (Å²) in [7, 11) is 0. The van der Waals surface area contributed by atoms with E-state index in [0.717, 1.165) is 12.5 Å².